The number of fused-ring (bicyclic) bond motifs is 2. The molecule has 0 radical (unpaired) electrons. The number of ketones is 1. The van der Waals surface area contributed by atoms with Crippen molar-refractivity contribution in [3.8, 4) is 0 Å². The largest absolute Gasteiger partial charge is 0.460 e. The van der Waals surface area contributed by atoms with Crippen LogP contribution in [-0.4, -0.2) is 38.5 Å². The van der Waals surface area contributed by atoms with Crippen LogP contribution in [0.3, 0.4) is 0 Å². The summed E-state index contributed by atoms with van der Waals surface area (Å²) in [6.45, 7) is -0.523. The van der Waals surface area contributed by atoms with E-state index in [0.717, 1.165) is 6.07 Å². The van der Waals surface area contributed by atoms with Crippen LogP contribution in [0.5, 0.6) is 0 Å². The molecule has 0 amide bonds. The van der Waals surface area contributed by atoms with Crippen molar-refractivity contribution < 1.29 is 27.9 Å². The molecule has 0 unspecified atom stereocenters. The minimum absolute atomic E-state index is 0.00737. The van der Waals surface area contributed by atoms with Gasteiger partial charge in [0.25, 0.3) is 0 Å². The van der Waals surface area contributed by atoms with E-state index in [1.807, 2.05) is 0 Å². The van der Waals surface area contributed by atoms with E-state index in [1.165, 1.54) is 30.3 Å². The third-order valence-electron chi connectivity index (χ3n) is 3.50. The maximum atomic E-state index is 12.7. The molecule has 0 bridgehead atoms. The van der Waals surface area contributed by atoms with E-state index >= 15 is 0 Å². The molecule has 1 aliphatic rings. The first-order chi connectivity index (χ1) is 11.0. The summed E-state index contributed by atoms with van der Waals surface area (Å²) in [6.07, 6.45) is 0. The molecule has 23 heavy (non-hydrogen) atoms. The van der Waals surface area contributed by atoms with E-state index in [4.69, 9.17) is 9.84 Å². The maximum Gasteiger partial charge on any atom is 0.338 e. The van der Waals surface area contributed by atoms with Gasteiger partial charge in [-0.1, -0.05) is 12.1 Å². The summed E-state index contributed by atoms with van der Waals surface area (Å²) in [5, 5.41) is 8.66. The molecule has 1 aliphatic heterocycles. The van der Waals surface area contributed by atoms with Crippen LogP contribution in [0.2, 0.25) is 0 Å². The van der Waals surface area contributed by atoms with Gasteiger partial charge < -0.3 is 9.84 Å². The number of aliphatic hydroxyl groups is 1. The second-order valence-corrected chi connectivity index (χ2v) is 6.79. The summed E-state index contributed by atoms with van der Waals surface area (Å²) in [6, 6.07) is 9.73. The van der Waals surface area contributed by atoms with Gasteiger partial charge in [0.15, 0.2) is 5.78 Å². The van der Waals surface area contributed by atoms with Crippen molar-refractivity contribution in [2.45, 2.75) is 9.79 Å². The monoisotopic (exact) mass is 332 g/mol. The molecule has 0 aromatic heterocycles. The number of hydrogen-bond acceptors (Lipinski definition) is 6. The van der Waals surface area contributed by atoms with E-state index in [-0.39, 0.29) is 39.7 Å². The highest BCUT2D eigenvalue weighted by Gasteiger charge is 2.35. The van der Waals surface area contributed by atoms with Gasteiger partial charge in [-0.2, -0.15) is 0 Å². The van der Waals surface area contributed by atoms with Crippen LogP contribution in [0.25, 0.3) is 0 Å². The van der Waals surface area contributed by atoms with Gasteiger partial charge in [-0.15, -0.1) is 0 Å². The Bertz CT molecular complexity index is 914. The Hall–Kier alpha value is -2.51. The minimum Gasteiger partial charge on any atom is -0.460 e. The first-order valence-electron chi connectivity index (χ1n) is 6.77. The van der Waals surface area contributed by atoms with E-state index < -0.39 is 21.6 Å². The standard InChI is InChI=1S/C16H12O6S/c17-7-8-22-16(19)10-5-6-12-14(9-10)23(20,21)13-4-2-1-3-11(13)15(12)18/h1-6,9,17H,7-8H2. The van der Waals surface area contributed by atoms with Crippen molar-refractivity contribution in [2.24, 2.45) is 0 Å². The van der Waals surface area contributed by atoms with Gasteiger partial charge in [-0.05, 0) is 30.3 Å². The Morgan fingerprint density at radius 1 is 1.04 bits per heavy atom. The molecule has 118 valence electrons. The lowest BCUT2D eigenvalue weighted by Crippen LogP contribution is -2.21. The maximum absolute atomic E-state index is 12.7. The lowest BCUT2D eigenvalue weighted by atomic mass is 10.0. The average molecular weight is 332 g/mol. The summed E-state index contributed by atoms with van der Waals surface area (Å²) >= 11 is 0. The van der Waals surface area contributed by atoms with Crippen LogP contribution in [0.1, 0.15) is 26.3 Å². The van der Waals surface area contributed by atoms with Crippen LogP contribution in [0.15, 0.2) is 52.3 Å². The molecule has 2 aromatic carbocycles. The summed E-state index contributed by atoms with van der Waals surface area (Å²) < 4.78 is 30.1. The highest BCUT2D eigenvalue weighted by atomic mass is 32.2. The van der Waals surface area contributed by atoms with E-state index in [0.29, 0.717) is 0 Å². The number of rotatable bonds is 3. The van der Waals surface area contributed by atoms with Gasteiger partial charge in [0, 0.05) is 11.1 Å². The van der Waals surface area contributed by atoms with Crippen molar-refractivity contribution in [3.63, 3.8) is 0 Å². The fourth-order valence-corrected chi connectivity index (χ4v) is 4.11. The zero-order valence-electron chi connectivity index (χ0n) is 11.9. The summed E-state index contributed by atoms with van der Waals surface area (Å²) in [4.78, 5) is 24.0. The predicted molar refractivity (Wildman–Crippen MR) is 79.1 cm³/mol. The van der Waals surface area contributed by atoms with Crippen LogP contribution >= 0.6 is 0 Å². The van der Waals surface area contributed by atoms with Crippen LogP contribution < -0.4 is 0 Å². The molecule has 0 atom stereocenters. The molecule has 2 aromatic rings. The number of carbonyl (C=O) groups is 2. The van der Waals surface area contributed by atoms with Gasteiger partial charge in [-0.3, -0.25) is 4.79 Å². The molecule has 0 fully saturated rings. The SMILES string of the molecule is O=C(OCCO)c1ccc2c(c1)S(=O)(=O)c1ccccc1C2=O. The first-order valence-corrected chi connectivity index (χ1v) is 8.26. The number of esters is 1. The van der Waals surface area contributed by atoms with Crippen molar-refractivity contribution in [3.05, 3.63) is 59.2 Å². The summed E-state index contributed by atoms with van der Waals surface area (Å²) in [5.74, 6) is -1.16. The Balaban J connectivity index is 2.14. The Morgan fingerprint density at radius 3 is 2.48 bits per heavy atom. The van der Waals surface area contributed by atoms with Crippen LogP contribution in [0, 0.1) is 0 Å². The van der Waals surface area contributed by atoms with Crippen molar-refractivity contribution in [1.29, 1.82) is 0 Å². The molecule has 0 aliphatic carbocycles. The van der Waals surface area contributed by atoms with Gasteiger partial charge in [0.05, 0.1) is 22.0 Å². The predicted octanol–water partition coefficient (Wildman–Crippen LogP) is 1.21. The third-order valence-corrected chi connectivity index (χ3v) is 5.35. The molecule has 0 spiro atoms. The van der Waals surface area contributed by atoms with Crippen molar-refractivity contribution in [1.82, 2.24) is 0 Å². The Morgan fingerprint density at radius 2 is 1.74 bits per heavy atom. The number of ether oxygens (including phenoxy) is 1. The highest BCUT2D eigenvalue weighted by molar-refractivity contribution is 7.91. The molecule has 0 saturated carbocycles. The first kappa shape index (κ1) is 15.4. The van der Waals surface area contributed by atoms with E-state index in [2.05, 4.69) is 0 Å². The van der Waals surface area contributed by atoms with Crippen molar-refractivity contribution >= 4 is 21.6 Å². The lowest BCUT2D eigenvalue weighted by Gasteiger charge is -2.19. The van der Waals surface area contributed by atoms with Gasteiger partial charge in [0.1, 0.15) is 6.61 Å². The van der Waals surface area contributed by atoms with Gasteiger partial charge in [0.2, 0.25) is 9.84 Å². The Kier molecular flexibility index (Phi) is 3.75. The quantitative estimate of drug-likeness (QED) is 0.724. The molecule has 1 heterocycles. The number of hydrogen-bond donors (Lipinski definition) is 1. The second kappa shape index (κ2) is 5.60. The van der Waals surface area contributed by atoms with Gasteiger partial charge >= 0.3 is 5.97 Å². The molecular weight excluding hydrogens is 320 g/mol. The molecule has 1 N–H and O–H groups in total. The minimum atomic E-state index is -3.89. The van der Waals surface area contributed by atoms with Crippen molar-refractivity contribution in [2.75, 3.05) is 13.2 Å². The topological polar surface area (TPSA) is 97.7 Å². The zero-order chi connectivity index (χ0) is 16.6. The van der Waals surface area contributed by atoms with Crippen LogP contribution in [0.4, 0.5) is 0 Å². The Labute approximate surface area is 132 Å². The normalized spacial score (nSPS) is 14.7. The van der Waals surface area contributed by atoms with E-state index in [1.54, 1.807) is 6.07 Å². The number of aliphatic hydroxyl groups excluding tert-OH is 1. The fourth-order valence-electron chi connectivity index (χ4n) is 2.43. The van der Waals surface area contributed by atoms with E-state index in [9.17, 15) is 18.0 Å². The highest BCUT2D eigenvalue weighted by Crippen LogP contribution is 2.34. The third kappa shape index (κ3) is 2.43. The number of carbonyl (C=O) groups excluding carboxylic acids is 2. The summed E-state index contributed by atoms with van der Waals surface area (Å²) in [5.41, 5.74) is 0.158. The zero-order valence-corrected chi connectivity index (χ0v) is 12.7. The van der Waals surface area contributed by atoms with Crippen LogP contribution in [-0.2, 0) is 14.6 Å². The number of sulfone groups is 1. The molecule has 0 saturated heterocycles. The average Bonchev–Trinajstić information content (AvgIpc) is 2.57. The smallest absolute Gasteiger partial charge is 0.338 e. The molecule has 6 nitrogen and oxygen atoms in total. The molecule has 3 rings (SSSR count). The molecular formula is C16H12O6S. The summed E-state index contributed by atoms with van der Waals surface area (Å²) in [7, 11) is -3.89. The number of benzene rings is 2. The fraction of sp³-hybridized carbons (Fsp3) is 0.125. The van der Waals surface area contributed by atoms with Gasteiger partial charge in [-0.25, -0.2) is 13.2 Å². The second-order valence-electron chi connectivity index (χ2n) is 4.90. The lowest BCUT2D eigenvalue weighted by molar-refractivity contribution is 0.0433. The molecule has 7 heteroatoms.